The molecule has 106 valence electrons. The molecule has 5 nitrogen and oxygen atoms in total. The maximum absolute atomic E-state index is 12.2. The highest BCUT2D eigenvalue weighted by Gasteiger charge is 2.26. The molecule has 1 aromatic rings. The topological polar surface area (TPSA) is 81.4 Å². The summed E-state index contributed by atoms with van der Waals surface area (Å²) in [6, 6.07) is 4.54. The predicted octanol–water partition coefficient (Wildman–Crippen LogP) is 1.74. The molecule has 1 saturated carbocycles. The lowest BCUT2D eigenvalue weighted by atomic mass is 10.1. The zero-order valence-corrected chi connectivity index (χ0v) is 12.0. The maximum Gasteiger partial charge on any atom is 0.240 e. The summed E-state index contributed by atoms with van der Waals surface area (Å²) in [5.41, 5.74) is 6.07. The molecule has 1 aromatic carbocycles. The van der Waals surface area contributed by atoms with Gasteiger partial charge in [-0.3, -0.25) is 0 Å². The van der Waals surface area contributed by atoms with Crippen molar-refractivity contribution in [1.82, 2.24) is 4.72 Å². The quantitative estimate of drug-likeness (QED) is 0.825. The van der Waals surface area contributed by atoms with Crippen LogP contribution < -0.4 is 15.2 Å². The third kappa shape index (κ3) is 3.19. The number of ether oxygens (including phenoxy) is 1. The second kappa shape index (κ2) is 5.38. The minimum atomic E-state index is -3.50. The molecule has 1 aliphatic rings. The van der Waals surface area contributed by atoms with E-state index in [1.165, 1.54) is 19.2 Å². The van der Waals surface area contributed by atoms with E-state index in [1.807, 2.05) is 0 Å². The molecule has 2 unspecified atom stereocenters. The lowest BCUT2D eigenvalue weighted by Crippen LogP contribution is -2.33. The molecule has 2 rings (SSSR count). The standard InChI is InChI=1S/C13H20N2O3S/c1-9-3-4-10(7-9)15-19(16,17)11-5-6-13(18-2)12(14)8-11/h5-6,8-10,15H,3-4,7,14H2,1-2H3. The third-order valence-electron chi connectivity index (χ3n) is 3.53. The number of anilines is 1. The Morgan fingerprint density at radius 3 is 2.63 bits per heavy atom. The summed E-state index contributed by atoms with van der Waals surface area (Å²) in [5.74, 6) is 1.06. The molecule has 3 N–H and O–H groups in total. The second-order valence-corrected chi connectivity index (χ2v) is 6.85. The van der Waals surface area contributed by atoms with Crippen LogP contribution in [0.25, 0.3) is 0 Å². The van der Waals surface area contributed by atoms with Crippen molar-refractivity contribution >= 4 is 15.7 Å². The van der Waals surface area contributed by atoms with Crippen LogP contribution in [0.2, 0.25) is 0 Å². The molecule has 19 heavy (non-hydrogen) atoms. The number of sulfonamides is 1. The largest absolute Gasteiger partial charge is 0.495 e. The van der Waals surface area contributed by atoms with Crippen LogP contribution in [0.5, 0.6) is 5.75 Å². The summed E-state index contributed by atoms with van der Waals surface area (Å²) in [6.45, 7) is 2.14. The third-order valence-corrected chi connectivity index (χ3v) is 5.05. The minimum Gasteiger partial charge on any atom is -0.495 e. The summed E-state index contributed by atoms with van der Waals surface area (Å²) in [4.78, 5) is 0.186. The zero-order chi connectivity index (χ0) is 14.0. The molecule has 0 saturated heterocycles. The Labute approximate surface area is 114 Å². The number of nitrogens with one attached hydrogen (secondary N) is 1. The van der Waals surface area contributed by atoms with Gasteiger partial charge in [-0.05, 0) is 43.4 Å². The Bertz CT molecular complexity index is 557. The Hall–Kier alpha value is -1.27. The van der Waals surface area contributed by atoms with Crippen molar-refractivity contribution in [2.24, 2.45) is 5.92 Å². The van der Waals surface area contributed by atoms with Crippen molar-refractivity contribution in [1.29, 1.82) is 0 Å². The minimum absolute atomic E-state index is 0.0309. The summed E-state index contributed by atoms with van der Waals surface area (Å²) >= 11 is 0. The molecule has 0 aromatic heterocycles. The molecule has 0 bridgehead atoms. The van der Waals surface area contributed by atoms with Crippen LogP contribution in [0.1, 0.15) is 26.2 Å². The molecule has 1 fully saturated rings. The number of rotatable bonds is 4. The summed E-state index contributed by atoms with van der Waals surface area (Å²) in [6.07, 6.45) is 2.86. The van der Waals surface area contributed by atoms with E-state index < -0.39 is 10.0 Å². The van der Waals surface area contributed by atoms with Gasteiger partial charge in [-0.15, -0.1) is 0 Å². The van der Waals surface area contributed by atoms with Crippen molar-refractivity contribution in [3.05, 3.63) is 18.2 Å². The van der Waals surface area contributed by atoms with Gasteiger partial charge in [0.05, 0.1) is 17.7 Å². The molecule has 1 aliphatic carbocycles. The molecular weight excluding hydrogens is 264 g/mol. The van der Waals surface area contributed by atoms with E-state index in [1.54, 1.807) is 6.07 Å². The van der Waals surface area contributed by atoms with Crippen LogP contribution in [0.15, 0.2) is 23.1 Å². The fourth-order valence-electron chi connectivity index (χ4n) is 2.48. The highest BCUT2D eigenvalue weighted by atomic mass is 32.2. The van der Waals surface area contributed by atoms with Gasteiger partial charge in [0.25, 0.3) is 0 Å². The van der Waals surface area contributed by atoms with Crippen molar-refractivity contribution in [2.75, 3.05) is 12.8 Å². The number of benzene rings is 1. The van der Waals surface area contributed by atoms with Crippen molar-refractivity contribution in [3.63, 3.8) is 0 Å². The lowest BCUT2D eigenvalue weighted by Gasteiger charge is -2.14. The van der Waals surface area contributed by atoms with Crippen LogP contribution in [-0.2, 0) is 10.0 Å². The van der Waals surface area contributed by atoms with E-state index in [2.05, 4.69) is 11.6 Å². The van der Waals surface area contributed by atoms with Gasteiger partial charge in [0.2, 0.25) is 10.0 Å². The Morgan fingerprint density at radius 2 is 2.11 bits per heavy atom. The number of nitrogen functional groups attached to an aromatic ring is 1. The molecule has 0 amide bonds. The predicted molar refractivity (Wildman–Crippen MR) is 74.5 cm³/mol. The van der Waals surface area contributed by atoms with Crippen molar-refractivity contribution in [2.45, 2.75) is 37.1 Å². The van der Waals surface area contributed by atoms with E-state index in [0.717, 1.165) is 19.3 Å². The van der Waals surface area contributed by atoms with Gasteiger partial charge in [-0.25, -0.2) is 13.1 Å². The second-order valence-electron chi connectivity index (χ2n) is 5.14. The average Bonchev–Trinajstić information content (AvgIpc) is 2.73. The molecule has 0 aliphatic heterocycles. The van der Waals surface area contributed by atoms with Gasteiger partial charge in [0.15, 0.2) is 0 Å². The molecule has 6 heteroatoms. The van der Waals surface area contributed by atoms with Gasteiger partial charge in [-0.1, -0.05) is 6.92 Å². The van der Waals surface area contributed by atoms with E-state index in [0.29, 0.717) is 17.4 Å². The Morgan fingerprint density at radius 1 is 1.37 bits per heavy atom. The van der Waals surface area contributed by atoms with Crippen molar-refractivity contribution < 1.29 is 13.2 Å². The van der Waals surface area contributed by atoms with Crippen LogP contribution in [-0.4, -0.2) is 21.6 Å². The maximum atomic E-state index is 12.2. The fraction of sp³-hybridized carbons (Fsp3) is 0.538. The van der Waals surface area contributed by atoms with Crippen LogP contribution in [0.4, 0.5) is 5.69 Å². The average molecular weight is 284 g/mol. The monoisotopic (exact) mass is 284 g/mol. The number of nitrogens with two attached hydrogens (primary N) is 1. The van der Waals surface area contributed by atoms with Gasteiger partial charge in [-0.2, -0.15) is 0 Å². The molecule has 0 radical (unpaired) electrons. The van der Waals surface area contributed by atoms with E-state index in [-0.39, 0.29) is 10.9 Å². The first-order valence-corrected chi connectivity index (χ1v) is 7.86. The van der Waals surface area contributed by atoms with Crippen LogP contribution in [0, 0.1) is 5.92 Å². The fourth-order valence-corrected chi connectivity index (χ4v) is 3.80. The normalized spacial score (nSPS) is 23.5. The van der Waals surface area contributed by atoms with E-state index >= 15 is 0 Å². The molecule has 2 atom stereocenters. The molecule has 0 spiro atoms. The number of hydrogen-bond acceptors (Lipinski definition) is 4. The summed E-state index contributed by atoms with van der Waals surface area (Å²) < 4.78 is 32.2. The van der Waals surface area contributed by atoms with Crippen LogP contribution in [0.3, 0.4) is 0 Å². The first-order valence-electron chi connectivity index (χ1n) is 6.38. The SMILES string of the molecule is COc1ccc(S(=O)(=O)NC2CCC(C)C2)cc1N. The number of hydrogen-bond donors (Lipinski definition) is 2. The van der Waals surface area contributed by atoms with Gasteiger partial charge >= 0.3 is 0 Å². The van der Waals surface area contributed by atoms with E-state index in [9.17, 15) is 8.42 Å². The van der Waals surface area contributed by atoms with Gasteiger partial charge < -0.3 is 10.5 Å². The molecule has 0 heterocycles. The highest BCUT2D eigenvalue weighted by molar-refractivity contribution is 7.89. The number of methoxy groups -OCH3 is 1. The Kier molecular flexibility index (Phi) is 4.01. The first kappa shape index (κ1) is 14.1. The van der Waals surface area contributed by atoms with Gasteiger partial charge in [0, 0.05) is 6.04 Å². The Balaban J connectivity index is 2.17. The van der Waals surface area contributed by atoms with E-state index in [4.69, 9.17) is 10.5 Å². The lowest BCUT2D eigenvalue weighted by molar-refractivity contribution is 0.416. The smallest absolute Gasteiger partial charge is 0.240 e. The van der Waals surface area contributed by atoms with Crippen LogP contribution >= 0.6 is 0 Å². The first-order chi connectivity index (χ1) is 8.92. The summed E-state index contributed by atoms with van der Waals surface area (Å²) in [7, 11) is -2.00. The zero-order valence-electron chi connectivity index (χ0n) is 11.2. The van der Waals surface area contributed by atoms with Gasteiger partial charge in [0.1, 0.15) is 5.75 Å². The van der Waals surface area contributed by atoms with Crippen molar-refractivity contribution in [3.8, 4) is 5.75 Å². The molecular formula is C13H20N2O3S. The highest BCUT2D eigenvalue weighted by Crippen LogP contribution is 2.28. The summed E-state index contributed by atoms with van der Waals surface area (Å²) in [5, 5.41) is 0.